The fraction of sp³-hybridized carbons (Fsp3) is 0.444. The summed E-state index contributed by atoms with van der Waals surface area (Å²) in [6.45, 7) is 12.8. The van der Waals surface area contributed by atoms with Crippen molar-refractivity contribution in [2.75, 3.05) is 0 Å². The van der Waals surface area contributed by atoms with Crippen LogP contribution in [0.2, 0.25) is 5.02 Å². The molecule has 0 radical (unpaired) electrons. The number of benzene rings is 2. The molecule has 4 nitrogen and oxygen atoms in total. The number of hydrogen-bond donors (Lipinski definition) is 0. The van der Waals surface area contributed by atoms with E-state index in [9.17, 15) is 0 Å². The second-order valence-corrected chi connectivity index (χ2v) is 10.7. The predicted octanol–water partition coefficient (Wildman–Crippen LogP) is 7.43. The Hall–Kier alpha value is -2.30. The molecule has 32 heavy (non-hydrogen) atoms. The maximum absolute atomic E-state index is 6.33. The molecule has 0 amide bonds. The van der Waals surface area contributed by atoms with Gasteiger partial charge in [0.25, 0.3) is 0 Å². The number of para-hydroxylation sites is 2. The first-order chi connectivity index (χ1) is 15.0. The van der Waals surface area contributed by atoms with E-state index in [1.165, 1.54) is 0 Å². The Labute approximate surface area is 196 Å². The molecule has 0 aliphatic carbocycles. The maximum atomic E-state index is 6.33. The normalized spacial score (nSPS) is 18.1. The minimum absolute atomic E-state index is 0.0715. The predicted molar refractivity (Wildman–Crippen MR) is 131 cm³/mol. The second kappa shape index (κ2) is 8.57. The summed E-state index contributed by atoms with van der Waals surface area (Å²) in [5, 5.41) is 5.87. The number of aromatic nitrogens is 2. The first-order valence-electron chi connectivity index (χ1n) is 11.4. The summed E-state index contributed by atoms with van der Waals surface area (Å²) >= 11 is 6.17. The number of halogens is 1. The quantitative estimate of drug-likeness (QED) is 0.403. The smallest absolute Gasteiger partial charge is 0.145 e. The van der Waals surface area contributed by atoms with E-state index in [4.69, 9.17) is 26.2 Å². The van der Waals surface area contributed by atoms with E-state index in [1.807, 2.05) is 61.0 Å². The molecule has 1 aliphatic heterocycles. The minimum atomic E-state index is -0.199. The molecule has 0 saturated carbocycles. The fourth-order valence-corrected chi connectivity index (χ4v) is 5.02. The molecule has 170 valence electrons. The molecule has 1 aliphatic rings. The van der Waals surface area contributed by atoms with E-state index in [0.717, 1.165) is 46.3 Å². The van der Waals surface area contributed by atoms with Crippen LogP contribution in [0.15, 0.2) is 54.6 Å². The van der Waals surface area contributed by atoms with Gasteiger partial charge in [-0.3, -0.25) is 0 Å². The van der Waals surface area contributed by atoms with Crippen molar-refractivity contribution in [3.63, 3.8) is 0 Å². The summed E-state index contributed by atoms with van der Waals surface area (Å²) in [7, 11) is 0. The van der Waals surface area contributed by atoms with Crippen LogP contribution in [0.1, 0.15) is 66.0 Å². The number of ether oxygens (including phenoxy) is 2. The van der Waals surface area contributed by atoms with E-state index in [1.54, 1.807) is 0 Å². The average molecular weight is 453 g/mol. The van der Waals surface area contributed by atoms with Gasteiger partial charge in [-0.2, -0.15) is 5.10 Å². The highest BCUT2D eigenvalue weighted by Gasteiger charge is 2.41. The largest absolute Gasteiger partial charge is 0.489 e. The van der Waals surface area contributed by atoms with Crippen molar-refractivity contribution in [3.8, 4) is 22.7 Å². The van der Waals surface area contributed by atoms with Gasteiger partial charge in [0.15, 0.2) is 0 Å². The van der Waals surface area contributed by atoms with E-state index < -0.39 is 0 Å². The van der Waals surface area contributed by atoms with E-state index in [0.29, 0.717) is 5.92 Å². The van der Waals surface area contributed by atoms with Crippen LogP contribution in [0.25, 0.3) is 16.9 Å². The molecule has 5 heteroatoms. The van der Waals surface area contributed by atoms with E-state index in [-0.39, 0.29) is 17.3 Å². The molecule has 1 saturated heterocycles. The van der Waals surface area contributed by atoms with Gasteiger partial charge in [-0.05, 0) is 84.7 Å². The van der Waals surface area contributed by atoms with Crippen LogP contribution in [0.3, 0.4) is 0 Å². The third kappa shape index (κ3) is 5.02. The number of nitrogens with zero attached hydrogens (tertiary/aromatic N) is 2. The zero-order chi connectivity index (χ0) is 23.1. The van der Waals surface area contributed by atoms with Gasteiger partial charge in [-0.1, -0.05) is 35.9 Å². The van der Waals surface area contributed by atoms with E-state index in [2.05, 4.69) is 39.8 Å². The fourth-order valence-electron chi connectivity index (χ4n) is 4.89. The van der Waals surface area contributed by atoms with Crippen molar-refractivity contribution >= 4 is 11.6 Å². The van der Waals surface area contributed by atoms with Crippen LogP contribution in [-0.2, 0) is 4.74 Å². The lowest BCUT2D eigenvalue weighted by Crippen LogP contribution is -2.44. The Kier molecular flexibility index (Phi) is 6.12. The van der Waals surface area contributed by atoms with Gasteiger partial charge in [0.05, 0.1) is 28.7 Å². The zero-order valence-electron chi connectivity index (χ0n) is 19.9. The molecule has 4 rings (SSSR count). The van der Waals surface area contributed by atoms with E-state index >= 15 is 0 Å². The Balaban J connectivity index is 1.85. The molecule has 1 aromatic heterocycles. The first kappa shape index (κ1) is 22.9. The van der Waals surface area contributed by atoms with Crippen LogP contribution in [0.4, 0.5) is 0 Å². The van der Waals surface area contributed by atoms with Crippen molar-refractivity contribution in [2.24, 2.45) is 0 Å². The molecule has 0 atom stereocenters. The summed E-state index contributed by atoms with van der Waals surface area (Å²) in [5.41, 5.74) is 3.71. The Morgan fingerprint density at radius 1 is 1.00 bits per heavy atom. The van der Waals surface area contributed by atoms with Crippen molar-refractivity contribution in [1.82, 2.24) is 9.78 Å². The van der Waals surface area contributed by atoms with Gasteiger partial charge in [-0.25, -0.2) is 4.68 Å². The van der Waals surface area contributed by atoms with Crippen molar-refractivity contribution < 1.29 is 9.47 Å². The van der Waals surface area contributed by atoms with Crippen LogP contribution in [-0.4, -0.2) is 27.1 Å². The SMILES string of the molecule is CC(C)Oc1ccccc1-n1nc(C2CC(C)(C)OC(C)(C)C2)cc1-c1ccc(Cl)cc1. The molecule has 0 bridgehead atoms. The molecular formula is C27H33ClN2O2. The highest BCUT2D eigenvalue weighted by Crippen LogP contribution is 2.44. The van der Waals surface area contributed by atoms with Gasteiger partial charge in [-0.15, -0.1) is 0 Å². The lowest BCUT2D eigenvalue weighted by atomic mass is 9.79. The second-order valence-electron chi connectivity index (χ2n) is 10.2. The van der Waals surface area contributed by atoms with Gasteiger partial charge in [0.1, 0.15) is 11.4 Å². The van der Waals surface area contributed by atoms with Crippen LogP contribution in [0, 0.1) is 0 Å². The highest BCUT2D eigenvalue weighted by atomic mass is 35.5. The molecule has 0 unspecified atom stereocenters. The summed E-state index contributed by atoms with van der Waals surface area (Å²) < 4.78 is 14.5. The monoisotopic (exact) mass is 452 g/mol. The standard InChI is InChI=1S/C27H33ClN2O2/c1-18(2)31-25-10-8-7-9-23(25)30-24(19-11-13-21(28)14-12-19)15-22(29-30)20-16-26(3,4)32-27(5,6)17-20/h7-15,18,20H,16-17H2,1-6H3. The summed E-state index contributed by atoms with van der Waals surface area (Å²) in [4.78, 5) is 0. The zero-order valence-corrected chi connectivity index (χ0v) is 20.6. The molecule has 3 aromatic rings. The van der Waals surface area contributed by atoms with Gasteiger partial charge >= 0.3 is 0 Å². The molecule has 0 N–H and O–H groups in total. The third-order valence-corrected chi connectivity index (χ3v) is 6.02. The summed E-state index contributed by atoms with van der Waals surface area (Å²) in [6, 6.07) is 18.2. The van der Waals surface area contributed by atoms with Gasteiger partial charge < -0.3 is 9.47 Å². The topological polar surface area (TPSA) is 36.3 Å². The molecule has 0 spiro atoms. The van der Waals surface area contributed by atoms with Crippen LogP contribution < -0.4 is 4.74 Å². The number of hydrogen-bond acceptors (Lipinski definition) is 3. The highest BCUT2D eigenvalue weighted by molar-refractivity contribution is 6.30. The summed E-state index contributed by atoms with van der Waals surface area (Å²) in [5.74, 6) is 1.12. The summed E-state index contributed by atoms with van der Waals surface area (Å²) in [6.07, 6.45) is 1.93. The lowest BCUT2D eigenvalue weighted by molar-refractivity contribution is -0.162. The lowest BCUT2D eigenvalue weighted by Gasteiger charge is -2.45. The van der Waals surface area contributed by atoms with Crippen molar-refractivity contribution in [3.05, 3.63) is 65.3 Å². The van der Waals surface area contributed by atoms with Gasteiger partial charge in [0.2, 0.25) is 0 Å². The molecule has 2 aromatic carbocycles. The first-order valence-corrected chi connectivity index (χ1v) is 11.7. The maximum Gasteiger partial charge on any atom is 0.145 e. The Morgan fingerprint density at radius 3 is 2.25 bits per heavy atom. The van der Waals surface area contributed by atoms with Crippen molar-refractivity contribution in [2.45, 2.75) is 77.6 Å². The molecule has 1 fully saturated rings. The van der Waals surface area contributed by atoms with Crippen LogP contribution >= 0.6 is 11.6 Å². The minimum Gasteiger partial charge on any atom is -0.489 e. The number of rotatable bonds is 5. The van der Waals surface area contributed by atoms with Crippen LogP contribution in [0.5, 0.6) is 5.75 Å². The average Bonchev–Trinajstić information content (AvgIpc) is 3.11. The molecular weight excluding hydrogens is 420 g/mol. The van der Waals surface area contributed by atoms with Crippen molar-refractivity contribution in [1.29, 1.82) is 0 Å². The molecule has 2 heterocycles. The third-order valence-electron chi connectivity index (χ3n) is 5.77. The Bertz CT molecular complexity index is 1070. The Morgan fingerprint density at radius 2 is 1.62 bits per heavy atom. The van der Waals surface area contributed by atoms with Gasteiger partial charge in [0, 0.05) is 16.5 Å².